The van der Waals surface area contributed by atoms with E-state index in [1.807, 2.05) is 0 Å². The molecule has 0 aliphatic carbocycles. The summed E-state index contributed by atoms with van der Waals surface area (Å²) >= 11 is 0. The molecule has 0 aromatic carbocycles. The number of aromatic nitrogens is 2. The highest BCUT2D eigenvalue weighted by molar-refractivity contribution is 5.92. The highest BCUT2D eigenvalue weighted by Crippen LogP contribution is 2.03. The van der Waals surface area contributed by atoms with E-state index in [4.69, 9.17) is 5.11 Å². The number of hydrogen-bond acceptors (Lipinski definition) is 3. The molecule has 1 heterocycles. The lowest BCUT2D eigenvalue weighted by Crippen LogP contribution is -2.46. The van der Waals surface area contributed by atoms with Crippen molar-refractivity contribution in [3.8, 4) is 0 Å². The van der Waals surface area contributed by atoms with Crippen LogP contribution in [0.1, 0.15) is 24.3 Å². The van der Waals surface area contributed by atoms with Crippen molar-refractivity contribution in [2.45, 2.75) is 19.4 Å². The number of aryl methyl sites for hydroxylation is 1. The van der Waals surface area contributed by atoms with Crippen LogP contribution in [0.15, 0.2) is 12.5 Å². The van der Waals surface area contributed by atoms with Gasteiger partial charge in [0.25, 0.3) is 5.91 Å². The largest absolute Gasteiger partial charge is 0.394 e. The Hall–Kier alpha value is -1.36. The van der Waals surface area contributed by atoms with Crippen molar-refractivity contribution < 1.29 is 9.90 Å². The molecule has 0 unspecified atom stereocenters. The third kappa shape index (κ3) is 2.32. The molecule has 1 amide bonds. The molecular formula is C9H15N3O2. The number of carbonyl (C=O) groups is 1. The van der Waals surface area contributed by atoms with Crippen LogP contribution in [0, 0.1) is 0 Å². The van der Waals surface area contributed by atoms with Gasteiger partial charge < -0.3 is 15.0 Å². The molecular weight excluding hydrogens is 182 g/mol. The third-order valence-electron chi connectivity index (χ3n) is 1.90. The third-order valence-corrected chi connectivity index (χ3v) is 1.90. The van der Waals surface area contributed by atoms with Gasteiger partial charge in [0.15, 0.2) is 0 Å². The van der Waals surface area contributed by atoms with E-state index in [-0.39, 0.29) is 12.5 Å². The van der Waals surface area contributed by atoms with E-state index in [9.17, 15) is 4.79 Å². The average molecular weight is 197 g/mol. The molecule has 1 aromatic rings. The smallest absolute Gasteiger partial charge is 0.270 e. The van der Waals surface area contributed by atoms with Gasteiger partial charge in [0.2, 0.25) is 0 Å². The molecule has 1 aromatic heterocycles. The van der Waals surface area contributed by atoms with Crippen LogP contribution >= 0.6 is 0 Å². The number of carbonyl (C=O) groups excluding carboxylic acids is 1. The quantitative estimate of drug-likeness (QED) is 0.712. The van der Waals surface area contributed by atoms with E-state index >= 15 is 0 Å². The molecule has 14 heavy (non-hydrogen) atoms. The summed E-state index contributed by atoms with van der Waals surface area (Å²) in [7, 11) is 1.74. The molecule has 78 valence electrons. The lowest BCUT2D eigenvalue weighted by atomic mass is 10.1. The molecule has 5 nitrogen and oxygen atoms in total. The summed E-state index contributed by atoms with van der Waals surface area (Å²) in [5.41, 5.74) is -0.132. The molecule has 0 saturated carbocycles. The maximum Gasteiger partial charge on any atom is 0.270 e. The second kappa shape index (κ2) is 3.79. The standard InChI is InChI=1S/C9H15N3O2/c1-9(2,5-13)11-8(14)7-4-10-6-12(7)3/h4,6,13H,5H2,1-3H3,(H,11,14). The van der Waals surface area contributed by atoms with Crippen molar-refractivity contribution in [3.05, 3.63) is 18.2 Å². The minimum Gasteiger partial charge on any atom is -0.394 e. The maximum absolute atomic E-state index is 11.6. The zero-order valence-electron chi connectivity index (χ0n) is 8.61. The summed E-state index contributed by atoms with van der Waals surface area (Å²) in [5, 5.41) is 11.7. The molecule has 0 spiro atoms. The Bertz CT molecular complexity index is 331. The lowest BCUT2D eigenvalue weighted by Gasteiger charge is -2.23. The van der Waals surface area contributed by atoms with Gasteiger partial charge in [0.1, 0.15) is 5.69 Å². The maximum atomic E-state index is 11.6. The first-order chi connectivity index (χ1) is 6.46. The predicted molar refractivity (Wildman–Crippen MR) is 51.8 cm³/mol. The fraction of sp³-hybridized carbons (Fsp3) is 0.556. The number of nitrogens with one attached hydrogen (secondary N) is 1. The molecule has 1 rings (SSSR count). The number of rotatable bonds is 3. The van der Waals surface area contributed by atoms with E-state index in [0.717, 1.165) is 0 Å². The van der Waals surface area contributed by atoms with Crippen LogP contribution < -0.4 is 5.32 Å². The molecule has 2 N–H and O–H groups in total. The molecule has 0 bridgehead atoms. The summed E-state index contributed by atoms with van der Waals surface area (Å²) in [6.45, 7) is 3.40. The molecule has 0 saturated heterocycles. The number of imidazole rings is 1. The van der Waals surface area contributed by atoms with E-state index < -0.39 is 5.54 Å². The predicted octanol–water partition coefficient (Wildman–Crippen LogP) is -0.0792. The van der Waals surface area contributed by atoms with Crippen LogP contribution in [0.2, 0.25) is 0 Å². The van der Waals surface area contributed by atoms with Gasteiger partial charge in [-0.1, -0.05) is 0 Å². The van der Waals surface area contributed by atoms with Gasteiger partial charge >= 0.3 is 0 Å². The number of aliphatic hydroxyl groups excluding tert-OH is 1. The lowest BCUT2D eigenvalue weighted by molar-refractivity contribution is 0.0861. The zero-order chi connectivity index (χ0) is 10.8. The Morgan fingerprint density at radius 3 is 2.79 bits per heavy atom. The Kier molecular flexibility index (Phi) is 2.90. The van der Waals surface area contributed by atoms with E-state index in [1.165, 1.54) is 6.20 Å². The number of nitrogens with zero attached hydrogens (tertiary/aromatic N) is 2. The van der Waals surface area contributed by atoms with Gasteiger partial charge in [-0.05, 0) is 13.8 Å². The minimum absolute atomic E-state index is 0.101. The molecule has 0 atom stereocenters. The fourth-order valence-corrected chi connectivity index (χ4v) is 0.987. The first kappa shape index (κ1) is 10.7. The van der Waals surface area contributed by atoms with Crippen molar-refractivity contribution in [1.82, 2.24) is 14.9 Å². The zero-order valence-corrected chi connectivity index (χ0v) is 8.61. The van der Waals surface area contributed by atoms with E-state index in [1.54, 1.807) is 31.8 Å². The van der Waals surface area contributed by atoms with Gasteiger partial charge in [0.05, 0.1) is 24.7 Å². The first-order valence-corrected chi connectivity index (χ1v) is 4.36. The van der Waals surface area contributed by atoms with Crippen molar-refractivity contribution >= 4 is 5.91 Å². The molecule has 0 aliphatic heterocycles. The fourth-order valence-electron chi connectivity index (χ4n) is 0.987. The molecule has 0 aliphatic rings. The van der Waals surface area contributed by atoms with Crippen LogP contribution in [-0.4, -0.2) is 32.7 Å². The monoisotopic (exact) mass is 197 g/mol. The summed E-state index contributed by atoms with van der Waals surface area (Å²) in [6.07, 6.45) is 3.05. The van der Waals surface area contributed by atoms with Crippen molar-refractivity contribution in [2.75, 3.05) is 6.61 Å². The normalized spacial score (nSPS) is 11.4. The molecule has 5 heteroatoms. The Morgan fingerprint density at radius 1 is 1.71 bits per heavy atom. The number of aliphatic hydroxyl groups is 1. The summed E-state index contributed by atoms with van der Waals surface area (Å²) in [5.74, 6) is -0.232. The van der Waals surface area contributed by atoms with Crippen LogP contribution in [0.25, 0.3) is 0 Å². The number of hydrogen-bond donors (Lipinski definition) is 2. The summed E-state index contributed by atoms with van der Waals surface area (Å²) < 4.78 is 1.63. The molecule has 0 radical (unpaired) electrons. The van der Waals surface area contributed by atoms with Crippen LogP contribution in [0.3, 0.4) is 0 Å². The highest BCUT2D eigenvalue weighted by atomic mass is 16.3. The second-order valence-electron chi connectivity index (χ2n) is 3.89. The van der Waals surface area contributed by atoms with Crippen LogP contribution in [0.4, 0.5) is 0 Å². The van der Waals surface area contributed by atoms with Gasteiger partial charge in [-0.2, -0.15) is 0 Å². The highest BCUT2D eigenvalue weighted by Gasteiger charge is 2.21. The second-order valence-corrected chi connectivity index (χ2v) is 3.89. The molecule has 0 fully saturated rings. The summed E-state index contributed by atoms with van der Waals surface area (Å²) in [4.78, 5) is 15.5. The summed E-state index contributed by atoms with van der Waals surface area (Å²) in [6, 6.07) is 0. The topological polar surface area (TPSA) is 67.2 Å². The average Bonchev–Trinajstić information content (AvgIpc) is 2.51. The van der Waals surface area contributed by atoms with Crippen molar-refractivity contribution in [2.24, 2.45) is 7.05 Å². The van der Waals surface area contributed by atoms with Crippen molar-refractivity contribution in [1.29, 1.82) is 0 Å². The minimum atomic E-state index is -0.610. The van der Waals surface area contributed by atoms with Crippen LogP contribution in [0.5, 0.6) is 0 Å². The Balaban J connectivity index is 2.73. The van der Waals surface area contributed by atoms with Gasteiger partial charge in [0, 0.05) is 7.05 Å². The van der Waals surface area contributed by atoms with Crippen LogP contribution in [-0.2, 0) is 7.05 Å². The Labute approximate surface area is 82.8 Å². The SMILES string of the molecule is Cn1cncc1C(=O)NC(C)(C)CO. The van der Waals surface area contributed by atoms with E-state index in [2.05, 4.69) is 10.3 Å². The van der Waals surface area contributed by atoms with Gasteiger partial charge in [-0.3, -0.25) is 4.79 Å². The van der Waals surface area contributed by atoms with Crippen molar-refractivity contribution in [3.63, 3.8) is 0 Å². The van der Waals surface area contributed by atoms with Gasteiger partial charge in [-0.15, -0.1) is 0 Å². The van der Waals surface area contributed by atoms with Gasteiger partial charge in [-0.25, -0.2) is 4.98 Å². The van der Waals surface area contributed by atoms with E-state index in [0.29, 0.717) is 5.69 Å². The number of amides is 1. The Morgan fingerprint density at radius 2 is 2.36 bits per heavy atom. The first-order valence-electron chi connectivity index (χ1n) is 4.36.